The lowest BCUT2D eigenvalue weighted by Gasteiger charge is -2.47. The Morgan fingerprint density at radius 2 is 2.15 bits per heavy atom. The second-order valence-electron chi connectivity index (χ2n) is 7.03. The molecule has 0 aliphatic carbocycles. The molecule has 0 spiro atoms. The molecular weight excluding hydrogens is 254 g/mol. The van der Waals surface area contributed by atoms with Gasteiger partial charge in [0, 0.05) is 25.2 Å². The van der Waals surface area contributed by atoms with Gasteiger partial charge in [-0.1, -0.05) is 0 Å². The summed E-state index contributed by atoms with van der Waals surface area (Å²) in [6.45, 7) is 5.91. The molecule has 0 radical (unpaired) electrons. The molecule has 0 aromatic carbocycles. The van der Waals surface area contributed by atoms with Crippen LogP contribution in [0.3, 0.4) is 0 Å². The third kappa shape index (κ3) is 2.26. The summed E-state index contributed by atoms with van der Waals surface area (Å²) in [6.07, 6.45) is 3.59. The minimum absolute atomic E-state index is 0.165. The first kappa shape index (κ1) is 14.3. The van der Waals surface area contributed by atoms with Gasteiger partial charge in [0.25, 0.3) is 0 Å². The smallest absolute Gasteiger partial charge is 0.232 e. The van der Waals surface area contributed by atoms with E-state index in [-0.39, 0.29) is 11.9 Å². The zero-order valence-corrected chi connectivity index (χ0v) is 12.7. The predicted octanol–water partition coefficient (Wildman–Crippen LogP) is 0.293. The number of nitrogens with zero attached hydrogens (tertiary/aromatic N) is 2. The highest BCUT2D eigenvalue weighted by Gasteiger charge is 2.48. The molecule has 114 valence electrons. The van der Waals surface area contributed by atoms with Crippen LogP contribution in [0.25, 0.3) is 0 Å². The van der Waals surface area contributed by atoms with Crippen LogP contribution in [0.5, 0.6) is 0 Å². The van der Waals surface area contributed by atoms with Crippen molar-refractivity contribution in [3.63, 3.8) is 0 Å². The number of amides is 1. The number of ether oxygens (including phenoxy) is 1. The first-order valence-electron chi connectivity index (χ1n) is 7.85. The van der Waals surface area contributed by atoms with Crippen molar-refractivity contribution in [1.82, 2.24) is 9.80 Å². The maximum Gasteiger partial charge on any atom is 0.232 e. The number of nitrogens with two attached hydrogens (primary N) is 1. The van der Waals surface area contributed by atoms with E-state index in [1.165, 1.54) is 19.4 Å². The van der Waals surface area contributed by atoms with E-state index in [1.807, 2.05) is 6.92 Å². The SMILES string of the molecule is CN1CCCC2CN(C(=O)C3(C)COCC3N)CCC21. The van der Waals surface area contributed by atoms with Crippen molar-refractivity contribution in [3.05, 3.63) is 0 Å². The number of hydrogen-bond donors (Lipinski definition) is 1. The van der Waals surface area contributed by atoms with Crippen molar-refractivity contribution in [3.8, 4) is 0 Å². The molecule has 3 fully saturated rings. The average Bonchev–Trinajstić information content (AvgIpc) is 2.79. The molecule has 5 heteroatoms. The normalized spacial score (nSPS) is 42.5. The Balaban J connectivity index is 1.68. The van der Waals surface area contributed by atoms with Crippen LogP contribution in [-0.4, -0.2) is 67.7 Å². The Bertz CT molecular complexity index is 389. The number of rotatable bonds is 1. The van der Waals surface area contributed by atoms with E-state index < -0.39 is 5.41 Å². The molecular formula is C15H27N3O2. The van der Waals surface area contributed by atoms with Crippen LogP contribution in [0.2, 0.25) is 0 Å². The van der Waals surface area contributed by atoms with Gasteiger partial charge in [0.05, 0.1) is 18.6 Å². The van der Waals surface area contributed by atoms with Crippen LogP contribution in [-0.2, 0) is 9.53 Å². The average molecular weight is 281 g/mol. The molecule has 3 heterocycles. The van der Waals surface area contributed by atoms with Gasteiger partial charge < -0.3 is 20.3 Å². The van der Waals surface area contributed by atoms with E-state index >= 15 is 0 Å². The molecule has 4 atom stereocenters. The number of fused-ring (bicyclic) bond motifs is 1. The van der Waals surface area contributed by atoms with Crippen molar-refractivity contribution in [2.75, 3.05) is 39.9 Å². The third-order valence-corrected chi connectivity index (χ3v) is 5.64. The maximum absolute atomic E-state index is 12.8. The molecule has 3 aliphatic heterocycles. The zero-order valence-electron chi connectivity index (χ0n) is 12.7. The standard InChI is InChI=1S/C15H27N3O2/c1-15(10-20-9-13(15)16)14(19)18-7-5-12-11(8-18)4-3-6-17(12)2/h11-13H,3-10,16H2,1-2H3. The molecule has 3 rings (SSSR count). The van der Waals surface area contributed by atoms with Gasteiger partial charge in [0.2, 0.25) is 5.91 Å². The molecule has 5 nitrogen and oxygen atoms in total. The molecule has 0 aromatic rings. The summed E-state index contributed by atoms with van der Waals surface area (Å²) in [6, 6.07) is 0.496. The van der Waals surface area contributed by atoms with Crippen molar-refractivity contribution in [2.24, 2.45) is 17.1 Å². The van der Waals surface area contributed by atoms with Crippen molar-refractivity contribution in [1.29, 1.82) is 0 Å². The Hall–Kier alpha value is -0.650. The van der Waals surface area contributed by atoms with Gasteiger partial charge in [-0.2, -0.15) is 0 Å². The van der Waals surface area contributed by atoms with Gasteiger partial charge in [-0.05, 0) is 45.7 Å². The van der Waals surface area contributed by atoms with E-state index in [0.29, 0.717) is 25.2 Å². The minimum Gasteiger partial charge on any atom is -0.379 e. The van der Waals surface area contributed by atoms with Crippen LogP contribution < -0.4 is 5.73 Å². The third-order valence-electron chi connectivity index (χ3n) is 5.64. The Kier molecular flexibility index (Phi) is 3.77. The highest BCUT2D eigenvalue weighted by atomic mass is 16.5. The predicted molar refractivity (Wildman–Crippen MR) is 77.2 cm³/mol. The first-order valence-corrected chi connectivity index (χ1v) is 7.85. The largest absolute Gasteiger partial charge is 0.379 e. The van der Waals surface area contributed by atoms with E-state index in [1.54, 1.807) is 0 Å². The maximum atomic E-state index is 12.8. The van der Waals surface area contributed by atoms with Gasteiger partial charge in [0.15, 0.2) is 0 Å². The number of carbonyl (C=O) groups excluding carboxylic acids is 1. The van der Waals surface area contributed by atoms with Gasteiger partial charge >= 0.3 is 0 Å². The van der Waals surface area contributed by atoms with Crippen LogP contribution in [0.1, 0.15) is 26.2 Å². The number of likely N-dealkylation sites (tertiary alicyclic amines) is 2. The van der Waals surface area contributed by atoms with Crippen molar-refractivity contribution < 1.29 is 9.53 Å². The summed E-state index contributed by atoms with van der Waals surface area (Å²) in [5.41, 5.74) is 5.57. The number of piperidine rings is 2. The number of hydrogen-bond acceptors (Lipinski definition) is 4. The monoisotopic (exact) mass is 281 g/mol. The van der Waals surface area contributed by atoms with E-state index in [4.69, 9.17) is 10.5 Å². The van der Waals surface area contributed by atoms with Crippen LogP contribution >= 0.6 is 0 Å². The van der Waals surface area contributed by atoms with Gasteiger partial charge in [-0.15, -0.1) is 0 Å². The molecule has 3 saturated heterocycles. The molecule has 1 amide bonds. The van der Waals surface area contributed by atoms with Gasteiger partial charge in [0.1, 0.15) is 0 Å². The van der Waals surface area contributed by atoms with Crippen LogP contribution in [0.4, 0.5) is 0 Å². The second kappa shape index (κ2) is 5.28. The van der Waals surface area contributed by atoms with Crippen LogP contribution in [0, 0.1) is 11.3 Å². The van der Waals surface area contributed by atoms with Crippen molar-refractivity contribution >= 4 is 5.91 Å². The van der Waals surface area contributed by atoms with E-state index in [9.17, 15) is 4.79 Å². The molecule has 0 saturated carbocycles. The summed E-state index contributed by atoms with van der Waals surface area (Å²) < 4.78 is 5.43. The topological polar surface area (TPSA) is 58.8 Å². The highest BCUT2D eigenvalue weighted by Crippen LogP contribution is 2.34. The number of carbonyl (C=O) groups is 1. The quantitative estimate of drug-likeness (QED) is 0.751. The lowest BCUT2D eigenvalue weighted by atomic mass is 9.80. The minimum atomic E-state index is -0.520. The van der Waals surface area contributed by atoms with Gasteiger partial charge in [-0.25, -0.2) is 0 Å². The Morgan fingerprint density at radius 1 is 1.35 bits per heavy atom. The fourth-order valence-electron chi connectivity index (χ4n) is 4.11. The Labute approximate surface area is 121 Å². The van der Waals surface area contributed by atoms with Gasteiger partial charge in [-0.3, -0.25) is 4.79 Å². The zero-order chi connectivity index (χ0) is 14.3. The summed E-state index contributed by atoms with van der Waals surface area (Å²) in [5, 5.41) is 0. The highest BCUT2D eigenvalue weighted by molar-refractivity contribution is 5.84. The lowest BCUT2D eigenvalue weighted by Crippen LogP contribution is -2.58. The molecule has 3 aliphatic rings. The fraction of sp³-hybridized carbons (Fsp3) is 0.933. The molecule has 0 bridgehead atoms. The summed E-state index contributed by atoms with van der Waals surface area (Å²) >= 11 is 0. The van der Waals surface area contributed by atoms with E-state index in [2.05, 4.69) is 16.8 Å². The second-order valence-corrected chi connectivity index (χ2v) is 7.03. The molecule has 2 N–H and O–H groups in total. The lowest BCUT2D eigenvalue weighted by molar-refractivity contribution is -0.145. The molecule has 4 unspecified atom stereocenters. The Morgan fingerprint density at radius 3 is 2.85 bits per heavy atom. The van der Waals surface area contributed by atoms with Crippen LogP contribution in [0.15, 0.2) is 0 Å². The van der Waals surface area contributed by atoms with E-state index in [0.717, 1.165) is 19.5 Å². The molecule has 0 aromatic heterocycles. The van der Waals surface area contributed by atoms with Crippen molar-refractivity contribution in [2.45, 2.75) is 38.3 Å². The summed E-state index contributed by atoms with van der Waals surface area (Å²) in [5.74, 6) is 0.836. The summed E-state index contributed by atoms with van der Waals surface area (Å²) in [7, 11) is 2.22. The molecule has 20 heavy (non-hydrogen) atoms. The summed E-state index contributed by atoms with van der Waals surface area (Å²) in [4.78, 5) is 17.4. The fourth-order valence-corrected chi connectivity index (χ4v) is 4.11. The first-order chi connectivity index (χ1) is 9.52.